The topological polar surface area (TPSA) is 70.1 Å². The lowest BCUT2D eigenvalue weighted by Gasteiger charge is -2.26. The molecule has 18 heavy (non-hydrogen) atoms. The van der Waals surface area contributed by atoms with Crippen molar-refractivity contribution in [3.05, 3.63) is 22.1 Å². The summed E-state index contributed by atoms with van der Waals surface area (Å²) in [5.41, 5.74) is 4.58. The van der Waals surface area contributed by atoms with Gasteiger partial charge in [0.05, 0.1) is 0 Å². The molecule has 0 saturated heterocycles. The van der Waals surface area contributed by atoms with Crippen molar-refractivity contribution in [1.82, 2.24) is 9.97 Å². The third-order valence-corrected chi connectivity index (χ3v) is 3.44. The van der Waals surface area contributed by atoms with Crippen molar-refractivity contribution >= 4 is 11.7 Å². The monoisotopic (exact) mass is 248 g/mol. The van der Waals surface area contributed by atoms with Crippen LogP contribution in [0.5, 0.6) is 0 Å². The van der Waals surface area contributed by atoms with Gasteiger partial charge < -0.3 is 0 Å². The van der Waals surface area contributed by atoms with Crippen LogP contribution in [0, 0.1) is 18.8 Å². The highest BCUT2D eigenvalue weighted by Gasteiger charge is 2.22. The van der Waals surface area contributed by atoms with Crippen molar-refractivity contribution in [3.8, 4) is 0 Å². The Hall–Kier alpha value is -1.65. The average Bonchev–Trinajstić information content (AvgIpc) is 2.27. The van der Waals surface area contributed by atoms with Gasteiger partial charge in [-0.3, -0.25) is 9.78 Å². The molecular weight excluding hydrogens is 228 g/mol. The quantitative estimate of drug-likeness (QED) is 0.789. The van der Waals surface area contributed by atoms with Crippen molar-refractivity contribution in [3.63, 3.8) is 0 Å². The first-order valence-electron chi connectivity index (χ1n) is 6.47. The molecule has 2 atom stereocenters. The van der Waals surface area contributed by atoms with E-state index in [1.54, 1.807) is 6.92 Å². The minimum Gasteiger partial charge on any atom is -0.291 e. The molecule has 1 saturated carbocycles. The van der Waals surface area contributed by atoms with E-state index in [4.69, 9.17) is 0 Å². The molecule has 0 bridgehead atoms. The van der Waals surface area contributed by atoms with E-state index in [2.05, 4.69) is 34.3 Å². The van der Waals surface area contributed by atoms with Crippen molar-refractivity contribution in [1.29, 1.82) is 0 Å². The summed E-state index contributed by atoms with van der Waals surface area (Å²) in [6.07, 6.45) is 3.63. The van der Waals surface area contributed by atoms with Crippen LogP contribution >= 0.6 is 0 Å². The number of aromatic amines is 1. The zero-order valence-corrected chi connectivity index (χ0v) is 11.2. The Morgan fingerprint density at radius 1 is 1.39 bits per heavy atom. The van der Waals surface area contributed by atoms with Gasteiger partial charge in [0.25, 0.3) is 5.56 Å². The zero-order chi connectivity index (χ0) is 13.1. The van der Waals surface area contributed by atoms with Crippen LogP contribution in [0.25, 0.3) is 0 Å². The van der Waals surface area contributed by atoms with Gasteiger partial charge in [0.2, 0.25) is 5.95 Å². The van der Waals surface area contributed by atoms with E-state index in [1.807, 2.05) is 0 Å². The van der Waals surface area contributed by atoms with Crippen LogP contribution in [0.3, 0.4) is 0 Å². The number of aryl methyl sites for hydroxylation is 1. The van der Waals surface area contributed by atoms with Gasteiger partial charge in [-0.15, -0.1) is 0 Å². The number of aromatic nitrogens is 2. The van der Waals surface area contributed by atoms with Crippen molar-refractivity contribution in [2.45, 2.75) is 40.0 Å². The summed E-state index contributed by atoms with van der Waals surface area (Å²) in [6.45, 7) is 6.19. The lowest BCUT2D eigenvalue weighted by Crippen LogP contribution is -2.26. The van der Waals surface area contributed by atoms with E-state index in [9.17, 15) is 4.79 Å². The number of nitrogens with one attached hydrogen (secondary N) is 2. The van der Waals surface area contributed by atoms with E-state index in [-0.39, 0.29) is 5.56 Å². The van der Waals surface area contributed by atoms with Crippen LogP contribution in [0.15, 0.2) is 16.0 Å². The Balaban J connectivity index is 2.16. The van der Waals surface area contributed by atoms with Crippen LogP contribution in [0.1, 0.15) is 38.8 Å². The molecule has 1 heterocycles. The molecule has 0 unspecified atom stereocenters. The Kier molecular flexibility index (Phi) is 3.79. The molecule has 1 fully saturated rings. The van der Waals surface area contributed by atoms with Gasteiger partial charge in [0, 0.05) is 17.5 Å². The molecule has 0 aromatic carbocycles. The van der Waals surface area contributed by atoms with Crippen LogP contribution in [0.2, 0.25) is 0 Å². The van der Waals surface area contributed by atoms with Gasteiger partial charge in [0.15, 0.2) is 0 Å². The molecule has 2 N–H and O–H groups in total. The largest absolute Gasteiger partial charge is 0.291 e. The first-order chi connectivity index (χ1) is 8.56. The molecule has 5 heteroatoms. The number of anilines is 1. The Labute approximate surface area is 107 Å². The highest BCUT2D eigenvalue weighted by atomic mass is 16.1. The third-order valence-electron chi connectivity index (χ3n) is 3.44. The van der Waals surface area contributed by atoms with Gasteiger partial charge in [-0.2, -0.15) is 5.10 Å². The van der Waals surface area contributed by atoms with E-state index >= 15 is 0 Å². The fourth-order valence-corrected chi connectivity index (χ4v) is 2.48. The first-order valence-corrected chi connectivity index (χ1v) is 6.47. The molecule has 0 spiro atoms. The smallest absolute Gasteiger partial charge is 0.252 e. The molecular formula is C13H20N4O. The minimum absolute atomic E-state index is 0.157. The van der Waals surface area contributed by atoms with Crippen LogP contribution in [-0.2, 0) is 0 Å². The first kappa shape index (κ1) is 12.8. The van der Waals surface area contributed by atoms with Crippen molar-refractivity contribution in [2.75, 3.05) is 5.43 Å². The van der Waals surface area contributed by atoms with Crippen molar-refractivity contribution < 1.29 is 0 Å². The minimum atomic E-state index is -0.157. The normalized spacial score (nSPS) is 23.8. The molecule has 5 nitrogen and oxygen atoms in total. The standard InChI is InChI=1S/C13H20N4O/c1-8-5-4-6-9(2)12(8)16-17-13-14-10(3)7-11(18)15-13/h7-9H,4-6H2,1-3H3,(H2,14,15,17,18)/t8-,9-/m1/s1. The fourth-order valence-electron chi connectivity index (χ4n) is 2.48. The SMILES string of the molecule is Cc1cc(=O)[nH]c(NN=C2[C@H](C)CCC[C@H]2C)n1. The summed E-state index contributed by atoms with van der Waals surface area (Å²) < 4.78 is 0. The number of hydrogen-bond donors (Lipinski definition) is 2. The Morgan fingerprint density at radius 2 is 2.06 bits per heavy atom. The maximum absolute atomic E-state index is 11.3. The molecule has 0 radical (unpaired) electrons. The summed E-state index contributed by atoms with van der Waals surface area (Å²) >= 11 is 0. The summed E-state index contributed by atoms with van der Waals surface area (Å²) in [5.74, 6) is 1.41. The van der Waals surface area contributed by atoms with Crippen LogP contribution < -0.4 is 11.0 Å². The molecule has 1 aromatic heterocycles. The zero-order valence-electron chi connectivity index (χ0n) is 11.2. The van der Waals surface area contributed by atoms with Gasteiger partial charge in [-0.05, 0) is 31.6 Å². The van der Waals surface area contributed by atoms with Gasteiger partial charge >= 0.3 is 0 Å². The summed E-state index contributed by atoms with van der Waals surface area (Å²) in [4.78, 5) is 18.1. The van der Waals surface area contributed by atoms with E-state index in [1.165, 1.54) is 31.0 Å². The van der Waals surface area contributed by atoms with Gasteiger partial charge in [-0.1, -0.05) is 20.3 Å². The van der Waals surface area contributed by atoms with Gasteiger partial charge in [-0.25, -0.2) is 10.4 Å². The molecule has 1 aliphatic carbocycles. The van der Waals surface area contributed by atoms with Crippen LogP contribution in [0.4, 0.5) is 5.95 Å². The summed E-state index contributed by atoms with van der Waals surface area (Å²) in [5, 5.41) is 4.43. The molecule has 1 aromatic rings. The Bertz CT molecular complexity index is 494. The van der Waals surface area contributed by atoms with Crippen molar-refractivity contribution in [2.24, 2.45) is 16.9 Å². The number of H-pyrrole nitrogens is 1. The lowest BCUT2D eigenvalue weighted by atomic mass is 9.81. The van der Waals surface area contributed by atoms with Gasteiger partial charge in [0.1, 0.15) is 0 Å². The summed E-state index contributed by atoms with van der Waals surface area (Å²) in [7, 11) is 0. The molecule has 1 aliphatic rings. The predicted molar refractivity (Wildman–Crippen MR) is 72.8 cm³/mol. The number of hydrazone groups is 1. The second kappa shape index (κ2) is 5.33. The second-order valence-corrected chi connectivity index (χ2v) is 5.12. The van der Waals surface area contributed by atoms with E-state index in [0.29, 0.717) is 23.5 Å². The van der Waals surface area contributed by atoms with E-state index < -0.39 is 0 Å². The highest BCUT2D eigenvalue weighted by molar-refractivity contribution is 5.89. The number of nitrogens with zero attached hydrogens (tertiary/aromatic N) is 2. The maximum Gasteiger partial charge on any atom is 0.252 e. The molecule has 2 rings (SSSR count). The van der Waals surface area contributed by atoms with E-state index in [0.717, 1.165) is 0 Å². The maximum atomic E-state index is 11.3. The molecule has 98 valence electrons. The summed E-state index contributed by atoms with van der Waals surface area (Å²) in [6, 6.07) is 1.46. The average molecular weight is 248 g/mol. The number of hydrogen-bond acceptors (Lipinski definition) is 4. The van der Waals surface area contributed by atoms with Crippen LogP contribution in [-0.4, -0.2) is 15.7 Å². The lowest BCUT2D eigenvalue weighted by molar-refractivity contribution is 0.486. The molecule has 0 aliphatic heterocycles. The fraction of sp³-hybridized carbons (Fsp3) is 0.615. The molecule has 0 amide bonds. The highest BCUT2D eigenvalue weighted by Crippen LogP contribution is 2.26. The third kappa shape index (κ3) is 2.97. The number of rotatable bonds is 2. The second-order valence-electron chi connectivity index (χ2n) is 5.12. The Morgan fingerprint density at radius 3 is 2.67 bits per heavy atom. The predicted octanol–water partition coefficient (Wildman–Crippen LogP) is 2.30.